The molecule has 1 aliphatic rings. The monoisotopic (exact) mass is 291 g/mol. The number of benzene rings is 1. The summed E-state index contributed by atoms with van der Waals surface area (Å²) in [6.07, 6.45) is 1.40. The normalized spacial score (nSPS) is 24.0. The molecule has 116 valence electrons. The maximum atomic E-state index is 11.6. The Hall–Kier alpha value is -1.55. The lowest BCUT2D eigenvalue weighted by molar-refractivity contribution is -0.148. The Kier molecular flexibility index (Phi) is 4.57. The minimum Gasteiger partial charge on any atom is -0.496 e. The van der Waals surface area contributed by atoms with Gasteiger partial charge in [0.25, 0.3) is 0 Å². The summed E-state index contributed by atoms with van der Waals surface area (Å²) in [5.74, 6) is 0.202. The van der Waals surface area contributed by atoms with E-state index in [4.69, 9.17) is 4.74 Å². The highest BCUT2D eigenvalue weighted by molar-refractivity contribution is 5.75. The largest absolute Gasteiger partial charge is 0.496 e. The number of aliphatic carboxylic acids is 1. The average molecular weight is 291 g/mol. The van der Waals surface area contributed by atoms with E-state index in [2.05, 4.69) is 24.8 Å². The van der Waals surface area contributed by atoms with Gasteiger partial charge in [0.15, 0.2) is 0 Å². The second-order valence-corrected chi connectivity index (χ2v) is 6.08. The van der Waals surface area contributed by atoms with Crippen molar-refractivity contribution in [3.05, 3.63) is 29.3 Å². The number of carboxylic acids is 1. The topological polar surface area (TPSA) is 49.8 Å². The molecule has 0 amide bonds. The predicted octanol–water partition coefficient (Wildman–Crippen LogP) is 3.25. The zero-order chi connectivity index (χ0) is 15.6. The lowest BCUT2D eigenvalue weighted by Crippen LogP contribution is -2.35. The zero-order valence-electron chi connectivity index (χ0n) is 13.3. The molecule has 1 aliphatic heterocycles. The summed E-state index contributed by atoms with van der Waals surface area (Å²) in [6.45, 7) is 7.59. The lowest BCUT2D eigenvalue weighted by Gasteiger charge is -2.28. The first-order chi connectivity index (χ1) is 9.93. The van der Waals surface area contributed by atoms with E-state index in [1.165, 1.54) is 5.56 Å². The Morgan fingerprint density at radius 2 is 2.24 bits per heavy atom. The van der Waals surface area contributed by atoms with Crippen molar-refractivity contribution in [1.82, 2.24) is 4.90 Å². The number of rotatable bonds is 5. The van der Waals surface area contributed by atoms with Gasteiger partial charge in [0.1, 0.15) is 5.75 Å². The van der Waals surface area contributed by atoms with Gasteiger partial charge >= 0.3 is 5.97 Å². The van der Waals surface area contributed by atoms with E-state index < -0.39 is 11.4 Å². The van der Waals surface area contributed by atoms with Crippen LogP contribution in [0.4, 0.5) is 0 Å². The molecule has 0 saturated carbocycles. The molecule has 21 heavy (non-hydrogen) atoms. The SMILES string of the molecule is CCC1(C(=O)O)CCN(C(C)c2cc(C)ccc2OC)C1. The fraction of sp³-hybridized carbons (Fsp3) is 0.588. The van der Waals surface area contributed by atoms with Gasteiger partial charge < -0.3 is 9.84 Å². The van der Waals surface area contributed by atoms with Crippen LogP contribution in [0.2, 0.25) is 0 Å². The molecule has 1 saturated heterocycles. The van der Waals surface area contributed by atoms with Gasteiger partial charge in [0, 0.05) is 18.2 Å². The molecule has 0 aliphatic carbocycles. The molecule has 1 aromatic carbocycles. The second-order valence-electron chi connectivity index (χ2n) is 6.08. The predicted molar refractivity (Wildman–Crippen MR) is 82.7 cm³/mol. The number of aryl methyl sites for hydroxylation is 1. The fourth-order valence-electron chi connectivity index (χ4n) is 3.23. The summed E-state index contributed by atoms with van der Waals surface area (Å²) in [6, 6.07) is 6.32. The van der Waals surface area contributed by atoms with Crippen molar-refractivity contribution in [2.45, 2.75) is 39.7 Å². The summed E-state index contributed by atoms with van der Waals surface area (Å²) in [4.78, 5) is 13.8. The van der Waals surface area contributed by atoms with Crippen molar-refractivity contribution in [3.8, 4) is 5.75 Å². The van der Waals surface area contributed by atoms with Crippen LogP contribution in [0.1, 0.15) is 43.9 Å². The first-order valence-electron chi connectivity index (χ1n) is 7.55. The van der Waals surface area contributed by atoms with Crippen molar-refractivity contribution in [2.24, 2.45) is 5.41 Å². The average Bonchev–Trinajstić information content (AvgIpc) is 2.92. The van der Waals surface area contributed by atoms with E-state index in [0.717, 1.165) is 24.3 Å². The van der Waals surface area contributed by atoms with Gasteiger partial charge in [-0.15, -0.1) is 0 Å². The molecule has 0 spiro atoms. The Morgan fingerprint density at radius 3 is 2.76 bits per heavy atom. The number of carboxylic acid groups (broad SMARTS) is 1. The molecule has 2 rings (SSSR count). The van der Waals surface area contributed by atoms with Crippen LogP contribution in [0.3, 0.4) is 0 Å². The van der Waals surface area contributed by atoms with Crippen molar-refractivity contribution in [2.75, 3.05) is 20.2 Å². The third kappa shape index (κ3) is 2.91. The summed E-state index contributed by atoms with van der Waals surface area (Å²) >= 11 is 0. The first-order valence-corrected chi connectivity index (χ1v) is 7.55. The van der Waals surface area contributed by atoms with E-state index in [-0.39, 0.29) is 6.04 Å². The Bertz CT molecular complexity index is 529. The number of ether oxygens (including phenoxy) is 1. The number of carbonyl (C=O) groups is 1. The first kappa shape index (κ1) is 15.8. The van der Waals surface area contributed by atoms with E-state index in [1.54, 1.807) is 7.11 Å². The van der Waals surface area contributed by atoms with E-state index in [9.17, 15) is 9.90 Å². The molecule has 0 aromatic heterocycles. The van der Waals surface area contributed by atoms with Gasteiger partial charge in [0.2, 0.25) is 0 Å². The number of hydrogen-bond donors (Lipinski definition) is 1. The van der Waals surface area contributed by atoms with Crippen LogP contribution in [-0.4, -0.2) is 36.2 Å². The van der Waals surface area contributed by atoms with E-state index in [0.29, 0.717) is 13.0 Å². The van der Waals surface area contributed by atoms with Gasteiger partial charge in [-0.05, 0) is 39.3 Å². The highest BCUT2D eigenvalue weighted by Crippen LogP contribution is 2.40. The van der Waals surface area contributed by atoms with Gasteiger partial charge in [-0.25, -0.2) is 0 Å². The van der Waals surface area contributed by atoms with Crippen LogP contribution in [0.25, 0.3) is 0 Å². The van der Waals surface area contributed by atoms with Gasteiger partial charge in [-0.2, -0.15) is 0 Å². The second kappa shape index (κ2) is 6.06. The summed E-state index contributed by atoms with van der Waals surface area (Å²) in [5, 5.41) is 9.53. The van der Waals surface area contributed by atoms with Crippen LogP contribution >= 0.6 is 0 Å². The molecule has 1 N–H and O–H groups in total. The van der Waals surface area contributed by atoms with E-state index in [1.807, 2.05) is 19.1 Å². The van der Waals surface area contributed by atoms with Crippen molar-refractivity contribution in [1.29, 1.82) is 0 Å². The molecule has 2 atom stereocenters. The lowest BCUT2D eigenvalue weighted by atomic mass is 9.84. The fourth-order valence-corrected chi connectivity index (χ4v) is 3.23. The molecule has 1 fully saturated rings. The maximum Gasteiger partial charge on any atom is 0.310 e. The van der Waals surface area contributed by atoms with Gasteiger partial charge in [-0.1, -0.05) is 24.6 Å². The third-order valence-corrected chi connectivity index (χ3v) is 4.90. The Balaban J connectivity index is 2.24. The minimum atomic E-state index is -0.670. The van der Waals surface area contributed by atoms with Crippen molar-refractivity contribution < 1.29 is 14.6 Å². The van der Waals surface area contributed by atoms with Gasteiger partial charge in [0.05, 0.1) is 12.5 Å². The van der Waals surface area contributed by atoms with Crippen LogP contribution in [0, 0.1) is 12.3 Å². The molecule has 0 radical (unpaired) electrons. The molecule has 1 aromatic rings. The standard InChI is InChI=1S/C17H25NO3/c1-5-17(16(19)20)8-9-18(11-17)13(3)14-10-12(2)6-7-15(14)21-4/h6-7,10,13H,5,8-9,11H2,1-4H3,(H,19,20). The third-order valence-electron chi connectivity index (χ3n) is 4.90. The van der Waals surface area contributed by atoms with Crippen molar-refractivity contribution in [3.63, 3.8) is 0 Å². The molecular weight excluding hydrogens is 266 g/mol. The van der Waals surface area contributed by atoms with Gasteiger partial charge in [-0.3, -0.25) is 9.69 Å². The molecule has 2 unspecified atom stereocenters. The highest BCUT2D eigenvalue weighted by atomic mass is 16.5. The van der Waals surface area contributed by atoms with Crippen LogP contribution in [0.15, 0.2) is 18.2 Å². The summed E-state index contributed by atoms with van der Waals surface area (Å²) in [7, 11) is 1.68. The number of nitrogens with zero attached hydrogens (tertiary/aromatic N) is 1. The zero-order valence-corrected chi connectivity index (χ0v) is 13.3. The summed E-state index contributed by atoms with van der Waals surface area (Å²) < 4.78 is 5.46. The minimum absolute atomic E-state index is 0.160. The maximum absolute atomic E-state index is 11.6. The quantitative estimate of drug-likeness (QED) is 0.904. The number of hydrogen-bond acceptors (Lipinski definition) is 3. The molecule has 1 heterocycles. The summed E-state index contributed by atoms with van der Waals surface area (Å²) in [5.41, 5.74) is 1.73. The van der Waals surface area contributed by atoms with Crippen LogP contribution in [0.5, 0.6) is 5.75 Å². The Morgan fingerprint density at radius 1 is 1.52 bits per heavy atom. The molecule has 0 bridgehead atoms. The van der Waals surface area contributed by atoms with Crippen LogP contribution in [-0.2, 0) is 4.79 Å². The number of likely N-dealkylation sites (tertiary alicyclic amines) is 1. The van der Waals surface area contributed by atoms with E-state index >= 15 is 0 Å². The Labute approximate surface area is 126 Å². The number of methoxy groups -OCH3 is 1. The highest BCUT2D eigenvalue weighted by Gasteiger charge is 2.44. The smallest absolute Gasteiger partial charge is 0.310 e. The van der Waals surface area contributed by atoms with Crippen LogP contribution < -0.4 is 4.74 Å². The molecule has 4 heteroatoms. The molecule has 4 nitrogen and oxygen atoms in total. The van der Waals surface area contributed by atoms with Crippen molar-refractivity contribution >= 4 is 5.97 Å². The molecular formula is C17H25NO3.